The van der Waals surface area contributed by atoms with Crippen LogP contribution in [0.5, 0.6) is 0 Å². The highest BCUT2D eigenvalue weighted by molar-refractivity contribution is 5.65. The van der Waals surface area contributed by atoms with Crippen molar-refractivity contribution in [3.63, 3.8) is 0 Å². The highest BCUT2D eigenvalue weighted by Crippen LogP contribution is 2.31. The number of hydrogen-bond acceptors (Lipinski definition) is 2. The summed E-state index contributed by atoms with van der Waals surface area (Å²) in [7, 11) is 1.94. The molecule has 2 nitrogen and oxygen atoms in total. The summed E-state index contributed by atoms with van der Waals surface area (Å²) in [5.41, 5.74) is 4.64. The van der Waals surface area contributed by atoms with Crippen LogP contribution in [0, 0.1) is 0 Å². The van der Waals surface area contributed by atoms with Gasteiger partial charge in [-0.1, -0.05) is 13.3 Å². The molecule has 0 aliphatic carbocycles. The number of halogens is 1. The molecule has 16 heavy (non-hydrogen) atoms. The van der Waals surface area contributed by atoms with E-state index in [4.69, 9.17) is 0 Å². The van der Waals surface area contributed by atoms with Crippen molar-refractivity contribution in [2.45, 2.75) is 38.9 Å². The molecule has 1 unspecified atom stereocenters. The molecule has 2 N–H and O–H groups in total. The van der Waals surface area contributed by atoms with E-state index in [1.807, 2.05) is 7.05 Å². The minimum atomic E-state index is -0.887. The summed E-state index contributed by atoms with van der Waals surface area (Å²) in [6.07, 6.45) is 2.64. The summed E-state index contributed by atoms with van der Waals surface area (Å²) < 4.78 is 13.2. The molecule has 0 saturated heterocycles. The van der Waals surface area contributed by atoms with Crippen molar-refractivity contribution in [2.24, 2.45) is 0 Å². The van der Waals surface area contributed by atoms with Crippen molar-refractivity contribution >= 4 is 11.4 Å². The van der Waals surface area contributed by atoms with Gasteiger partial charge in [0.05, 0.1) is 0 Å². The maximum Gasteiger partial charge on any atom is 0.170 e. The Hall–Kier alpha value is -1.25. The summed E-state index contributed by atoms with van der Waals surface area (Å²) in [6, 6.07) is 4.25. The van der Waals surface area contributed by atoms with Crippen LogP contribution in [0.15, 0.2) is 12.1 Å². The number of fused-ring (bicyclic) bond motifs is 1. The van der Waals surface area contributed by atoms with E-state index < -0.39 is 6.30 Å². The van der Waals surface area contributed by atoms with Crippen LogP contribution >= 0.6 is 0 Å². The van der Waals surface area contributed by atoms with Crippen LogP contribution < -0.4 is 10.6 Å². The first-order valence-corrected chi connectivity index (χ1v) is 5.98. The summed E-state index contributed by atoms with van der Waals surface area (Å²) in [5.74, 6) is 0. The van der Waals surface area contributed by atoms with Gasteiger partial charge in [0.1, 0.15) is 0 Å². The molecule has 1 aromatic rings. The van der Waals surface area contributed by atoms with E-state index >= 15 is 0 Å². The first-order chi connectivity index (χ1) is 7.74. The maximum atomic E-state index is 13.2. The van der Waals surface area contributed by atoms with E-state index in [-0.39, 0.29) is 0 Å². The first-order valence-electron chi connectivity index (χ1n) is 5.98. The van der Waals surface area contributed by atoms with Gasteiger partial charge in [-0.25, -0.2) is 4.39 Å². The lowest BCUT2D eigenvalue weighted by Gasteiger charge is -2.24. The van der Waals surface area contributed by atoms with Gasteiger partial charge < -0.3 is 10.6 Å². The van der Waals surface area contributed by atoms with E-state index in [2.05, 4.69) is 29.7 Å². The Labute approximate surface area is 96.2 Å². The zero-order valence-corrected chi connectivity index (χ0v) is 9.94. The van der Waals surface area contributed by atoms with E-state index in [1.54, 1.807) is 0 Å². The summed E-state index contributed by atoms with van der Waals surface area (Å²) in [6.45, 7) is 2.16. The van der Waals surface area contributed by atoms with Crippen molar-refractivity contribution in [2.75, 3.05) is 17.7 Å². The minimum absolute atomic E-state index is 0.573. The van der Waals surface area contributed by atoms with Gasteiger partial charge in [0.25, 0.3) is 0 Å². The lowest BCUT2D eigenvalue weighted by atomic mass is 9.97. The zero-order valence-electron chi connectivity index (χ0n) is 9.94. The fraction of sp³-hybridized carbons (Fsp3) is 0.538. The van der Waals surface area contributed by atoms with Crippen LogP contribution in [0.3, 0.4) is 0 Å². The van der Waals surface area contributed by atoms with E-state index in [9.17, 15) is 4.39 Å². The standard InChI is InChI=1S/C13H19FN2/c1-3-4-9-8-12-10(7-11(9)15-2)5-6-13(14)16-12/h7-8,13,15-16H,3-6H2,1-2H3. The fourth-order valence-electron chi connectivity index (χ4n) is 2.26. The average Bonchev–Trinajstić information content (AvgIpc) is 2.28. The highest BCUT2D eigenvalue weighted by atomic mass is 19.1. The number of alkyl halides is 1. The SMILES string of the molecule is CCCc1cc2c(cc1NC)CCC(F)N2. The van der Waals surface area contributed by atoms with Gasteiger partial charge in [-0.3, -0.25) is 0 Å². The smallest absolute Gasteiger partial charge is 0.170 e. The Bertz CT molecular complexity index is 365. The second-order valence-corrected chi connectivity index (χ2v) is 4.32. The molecule has 0 radical (unpaired) electrons. The third kappa shape index (κ3) is 2.13. The molecule has 0 spiro atoms. The minimum Gasteiger partial charge on any atom is -0.388 e. The summed E-state index contributed by atoms with van der Waals surface area (Å²) in [4.78, 5) is 0. The van der Waals surface area contributed by atoms with Crippen LogP contribution in [0.25, 0.3) is 0 Å². The maximum absolute atomic E-state index is 13.2. The molecule has 88 valence electrons. The predicted molar refractivity (Wildman–Crippen MR) is 66.8 cm³/mol. The third-order valence-corrected chi connectivity index (χ3v) is 3.10. The Morgan fingerprint density at radius 2 is 2.31 bits per heavy atom. The number of hydrogen-bond donors (Lipinski definition) is 2. The molecule has 0 amide bonds. The first kappa shape index (κ1) is 11.2. The van der Waals surface area contributed by atoms with Gasteiger partial charge in [-0.2, -0.15) is 0 Å². The molecule has 0 fully saturated rings. The van der Waals surface area contributed by atoms with Gasteiger partial charge in [0.15, 0.2) is 6.30 Å². The molecule has 1 aliphatic rings. The largest absolute Gasteiger partial charge is 0.388 e. The molecule has 2 rings (SSSR count). The topological polar surface area (TPSA) is 24.1 Å². The quantitative estimate of drug-likeness (QED) is 0.766. The molecule has 0 bridgehead atoms. The molecule has 0 aromatic heterocycles. The molecule has 1 aromatic carbocycles. The van der Waals surface area contributed by atoms with Crippen LogP contribution in [-0.4, -0.2) is 13.3 Å². The monoisotopic (exact) mass is 222 g/mol. The van der Waals surface area contributed by atoms with Crippen molar-refractivity contribution in [1.82, 2.24) is 0 Å². The molecule has 1 atom stereocenters. The second-order valence-electron chi connectivity index (χ2n) is 4.32. The van der Waals surface area contributed by atoms with Gasteiger partial charge in [-0.15, -0.1) is 0 Å². The van der Waals surface area contributed by atoms with Crippen LogP contribution in [0.2, 0.25) is 0 Å². The summed E-state index contributed by atoms with van der Waals surface area (Å²) >= 11 is 0. The molecular weight excluding hydrogens is 203 g/mol. The Kier molecular flexibility index (Phi) is 3.32. The summed E-state index contributed by atoms with van der Waals surface area (Å²) in [5, 5.41) is 6.14. The van der Waals surface area contributed by atoms with E-state index in [0.717, 1.165) is 24.9 Å². The average molecular weight is 222 g/mol. The fourth-order valence-corrected chi connectivity index (χ4v) is 2.26. The van der Waals surface area contributed by atoms with Crippen LogP contribution in [-0.2, 0) is 12.8 Å². The van der Waals surface area contributed by atoms with Crippen LogP contribution in [0.4, 0.5) is 15.8 Å². The van der Waals surface area contributed by atoms with Gasteiger partial charge in [-0.05, 0) is 36.1 Å². The Morgan fingerprint density at radius 1 is 1.50 bits per heavy atom. The van der Waals surface area contributed by atoms with Gasteiger partial charge in [0.2, 0.25) is 0 Å². The van der Waals surface area contributed by atoms with Crippen molar-refractivity contribution < 1.29 is 4.39 Å². The Morgan fingerprint density at radius 3 is 3.00 bits per heavy atom. The number of aryl methyl sites for hydroxylation is 2. The lowest BCUT2D eigenvalue weighted by Crippen LogP contribution is -2.21. The normalized spacial score (nSPS) is 18.8. The number of benzene rings is 1. The highest BCUT2D eigenvalue weighted by Gasteiger charge is 2.18. The van der Waals surface area contributed by atoms with Gasteiger partial charge in [0, 0.05) is 24.8 Å². The molecular formula is C13H19FN2. The number of rotatable bonds is 3. The van der Waals surface area contributed by atoms with Crippen molar-refractivity contribution in [3.05, 3.63) is 23.3 Å². The second kappa shape index (κ2) is 4.73. The van der Waals surface area contributed by atoms with Crippen molar-refractivity contribution in [1.29, 1.82) is 0 Å². The molecule has 3 heteroatoms. The molecule has 0 saturated carbocycles. The van der Waals surface area contributed by atoms with Gasteiger partial charge >= 0.3 is 0 Å². The van der Waals surface area contributed by atoms with Crippen molar-refractivity contribution in [3.8, 4) is 0 Å². The van der Waals surface area contributed by atoms with E-state index in [0.29, 0.717) is 6.42 Å². The molecule has 1 heterocycles. The zero-order chi connectivity index (χ0) is 11.5. The van der Waals surface area contributed by atoms with Crippen LogP contribution in [0.1, 0.15) is 30.9 Å². The number of anilines is 2. The lowest BCUT2D eigenvalue weighted by molar-refractivity contribution is 0.344. The Balaban J connectivity index is 2.36. The predicted octanol–water partition coefficient (Wildman–Crippen LogP) is 3.33. The molecule has 1 aliphatic heterocycles. The van der Waals surface area contributed by atoms with E-state index in [1.165, 1.54) is 16.8 Å². The third-order valence-electron chi connectivity index (χ3n) is 3.10. The number of nitrogens with one attached hydrogen (secondary N) is 2.